The minimum Gasteiger partial charge on any atom is -0.395 e. The molecule has 1 amide bonds. The predicted molar refractivity (Wildman–Crippen MR) is 71.5 cm³/mol. The van der Waals surface area contributed by atoms with Crippen molar-refractivity contribution in [3.05, 3.63) is 0 Å². The molecule has 0 spiro atoms. The molecule has 0 aromatic rings. The van der Waals surface area contributed by atoms with Crippen LogP contribution in [0.1, 0.15) is 27.2 Å². The van der Waals surface area contributed by atoms with Crippen molar-refractivity contribution >= 4 is 5.91 Å². The molecule has 1 saturated carbocycles. The van der Waals surface area contributed by atoms with Gasteiger partial charge in [-0.15, -0.1) is 0 Å². The van der Waals surface area contributed by atoms with Gasteiger partial charge in [0.15, 0.2) is 0 Å². The molecule has 0 aliphatic heterocycles. The van der Waals surface area contributed by atoms with Crippen molar-refractivity contribution in [1.82, 2.24) is 4.90 Å². The Balaban J connectivity index is 2.80. The summed E-state index contributed by atoms with van der Waals surface area (Å²) in [4.78, 5) is 13.9. The maximum absolute atomic E-state index is 12.5. The minimum atomic E-state index is -0.989. The molecule has 0 aromatic heterocycles. The standard InChI is InChI=1S/C13H26N2O4/c1-4-19-10-9-13(14,12(10,2)3)11(18)15(5-7-16)6-8-17/h10,16-17H,4-9,14H2,1-3H3. The Morgan fingerprint density at radius 3 is 2.26 bits per heavy atom. The van der Waals surface area contributed by atoms with Gasteiger partial charge in [-0.1, -0.05) is 13.8 Å². The molecule has 6 heteroatoms. The van der Waals surface area contributed by atoms with Crippen LogP contribution >= 0.6 is 0 Å². The second-order valence-electron chi connectivity index (χ2n) is 5.58. The van der Waals surface area contributed by atoms with Gasteiger partial charge in [-0.3, -0.25) is 4.79 Å². The molecule has 6 nitrogen and oxygen atoms in total. The summed E-state index contributed by atoms with van der Waals surface area (Å²) in [6, 6.07) is 0. The van der Waals surface area contributed by atoms with E-state index in [9.17, 15) is 4.79 Å². The first-order chi connectivity index (χ1) is 8.85. The first-order valence-corrected chi connectivity index (χ1v) is 6.76. The topological polar surface area (TPSA) is 96.0 Å². The first-order valence-electron chi connectivity index (χ1n) is 6.76. The van der Waals surface area contributed by atoms with E-state index in [1.165, 1.54) is 4.90 Å². The van der Waals surface area contributed by atoms with Gasteiger partial charge in [0.05, 0.1) is 19.3 Å². The van der Waals surface area contributed by atoms with E-state index >= 15 is 0 Å². The molecule has 2 atom stereocenters. The van der Waals surface area contributed by atoms with Crippen LogP contribution in [-0.4, -0.2) is 65.6 Å². The largest absolute Gasteiger partial charge is 0.395 e. The lowest BCUT2D eigenvalue weighted by molar-refractivity contribution is -0.180. The monoisotopic (exact) mass is 274 g/mol. The third-order valence-electron chi connectivity index (χ3n) is 4.24. The van der Waals surface area contributed by atoms with E-state index in [2.05, 4.69) is 0 Å². The van der Waals surface area contributed by atoms with Crippen LogP contribution in [0.3, 0.4) is 0 Å². The van der Waals surface area contributed by atoms with E-state index in [1.807, 2.05) is 20.8 Å². The number of ether oxygens (including phenoxy) is 1. The second-order valence-corrected chi connectivity index (χ2v) is 5.58. The number of carbonyl (C=O) groups is 1. The van der Waals surface area contributed by atoms with Gasteiger partial charge in [-0.2, -0.15) is 0 Å². The van der Waals surface area contributed by atoms with Crippen molar-refractivity contribution in [3.63, 3.8) is 0 Å². The van der Waals surface area contributed by atoms with Crippen LogP contribution in [0.2, 0.25) is 0 Å². The third kappa shape index (κ3) is 2.76. The zero-order valence-corrected chi connectivity index (χ0v) is 12.1. The van der Waals surface area contributed by atoms with Crippen LogP contribution < -0.4 is 5.73 Å². The Kier molecular flexibility index (Phi) is 5.32. The molecular formula is C13H26N2O4. The van der Waals surface area contributed by atoms with Crippen LogP contribution in [0, 0.1) is 5.41 Å². The Morgan fingerprint density at radius 1 is 1.37 bits per heavy atom. The van der Waals surface area contributed by atoms with E-state index in [4.69, 9.17) is 20.7 Å². The average Bonchev–Trinajstić information content (AvgIpc) is 2.37. The maximum Gasteiger partial charge on any atom is 0.243 e. The molecule has 1 aliphatic carbocycles. The fourth-order valence-corrected chi connectivity index (χ4v) is 2.64. The molecular weight excluding hydrogens is 248 g/mol. The summed E-state index contributed by atoms with van der Waals surface area (Å²) < 4.78 is 5.59. The third-order valence-corrected chi connectivity index (χ3v) is 4.24. The van der Waals surface area contributed by atoms with Crippen molar-refractivity contribution < 1.29 is 19.7 Å². The van der Waals surface area contributed by atoms with Crippen LogP contribution in [0.4, 0.5) is 0 Å². The van der Waals surface area contributed by atoms with E-state index in [1.54, 1.807) is 0 Å². The quantitative estimate of drug-likeness (QED) is 0.572. The summed E-state index contributed by atoms with van der Waals surface area (Å²) in [7, 11) is 0. The van der Waals surface area contributed by atoms with Gasteiger partial charge in [0, 0.05) is 31.5 Å². The van der Waals surface area contributed by atoms with Gasteiger partial charge in [0.2, 0.25) is 5.91 Å². The lowest BCUT2D eigenvalue weighted by Crippen LogP contribution is -2.76. The Hall–Kier alpha value is -0.690. The Labute approximate surface area is 114 Å². The summed E-state index contributed by atoms with van der Waals surface area (Å²) in [6.07, 6.45) is 0.441. The number of rotatable bonds is 7. The van der Waals surface area contributed by atoms with Crippen LogP contribution in [-0.2, 0) is 9.53 Å². The summed E-state index contributed by atoms with van der Waals surface area (Å²) >= 11 is 0. The molecule has 19 heavy (non-hydrogen) atoms. The first kappa shape index (κ1) is 16.4. The number of amides is 1. The fraction of sp³-hybridized carbons (Fsp3) is 0.923. The van der Waals surface area contributed by atoms with Gasteiger partial charge < -0.3 is 25.6 Å². The number of aliphatic hydroxyl groups is 2. The maximum atomic E-state index is 12.5. The zero-order valence-electron chi connectivity index (χ0n) is 12.1. The van der Waals surface area contributed by atoms with Gasteiger partial charge in [-0.05, 0) is 6.92 Å². The molecule has 0 radical (unpaired) electrons. The molecule has 1 aliphatic rings. The summed E-state index contributed by atoms with van der Waals surface area (Å²) in [6.45, 7) is 6.44. The van der Waals surface area contributed by atoms with Gasteiger partial charge in [0.25, 0.3) is 0 Å². The molecule has 4 N–H and O–H groups in total. The highest BCUT2D eigenvalue weighted by Crippen LogP contribution is 2.50. The van der Waals surface area contributed by atoms with Gasteiger partial charge in [-0.25, -0.2) is 0 Å². The van der Waals surface area contributed by atoms with Crippen LogP contribution in [0.5, 0.6) is 0 Å². The number of hydrogen-bond donors (Lipinski definition) is 3. The minimum absolute atomic E-state index is 0.0310. The molecule has 2 unspecified atom stereocenters. The lowest BCUT2D eigenvalue weighted by Gasteiger charge is -2.58. The second kappa shape index (κ2) is 6.17. The van der Waals surface area contributed by atoms with Crippen molar-refractivity contribution in [1.29, 1.82) is 0 Å². The van der Waals surface area contributed by atoms with Crippen molar-refractivity contribution in [2.75, 3.05) is 32.9 Å². The van der Waals surface area contributed by atoms with Crippen LogP contribution in [0.15, 0.2) is 0 Å². The number of nitrogens with zero attached hydrogens (tertiary/aromatic N) is 1. The SMILES string of the molecule is CCOC1CC(N)(C(=O)N(CCO)CCO)C1(C)C. The molecule has 0 heterocycles. The molecule has 0 saturated heterocycles. The number of hydrogen-bond acceptors (Lipinski definition) is 5. The summed E-state index contributed by atoms with van der Waals surface area (Å²) in [5.41, 5.74) is 4.83. The normalized spacial score (nSPS) is 28.8. The number of aliphatic hydroxyl groups excluding tert-OH is 2. The van der Waals surface area contributed by atoms with E-state index in [-0.39, 0.29) is 38.3 Å². The Bertz CT molecular complexity index is 316. The van der Waals surface area contributed by atoms with E-state index in [0.29, 0.717) is 13.0 Å². The highest BCUT2D eigenvalue weighted by Gasteiger charge is 2.63. The van der Waals surface area contributed by atoms with Crippen molar-refractivity contribution in [2.45, 2.75) is 38.8 Å². The highest BCUT2D eigenvalue weighted by atomic mass is 16.5. The average molecular weight is 274 g/mol. The number of carbonyl (C=O) groups excluding carboxylic acids is 1. The zero-order chi connectivity index (χ0) is 14.7. The predicted octanol–water partition coefficient (Wildman–Crippen LogP) is -0.668. The van der Waals surface area contributed by atoms with Crippen molar-refractivity contribution in [3.8, 4) is 0 Å². The molecule has 0 aromatic carbocycles. The summed E-state index contributed by atoms with van der Waals surface area (Å²) in [5, 5.41) is 18.0. The van der Waals surface area contributed by atoms with Crippen LogP contribution in [0.25, 0.3) is 0 Å². The van der Waals surface area contributed by atoms with Gasteiger partial charge in [0.1, 0.15) is 5.54 Å². The lowest BCUT2D eigenvalue weighted by atomic mass is 9.54. The molecule has 0 bridgehead atoms. The van der Waals surface area contributed by atoms with E-state index < -0.39 is 11.0 Å². The van der Waals surface area contributed by atoms with Crippen molar-refractivity contribution in [2.24, 2.45) is 11.1 Å². The molecule has 112 valence electrons. The fourth-order valence-electron chi connectivity index (χ4n) is 2.64. The van der Waals surface area contributed by atoms with Gasteiger partial charge >= 0.3 is 0 Å². The number of nitrogens with two attached hydrogens (primary N) is 1. The molecule has 1 fully saturated rings. The summed E-state index contributed by atoms with van der Waals surface area (Å²) in [5.74, 6) is -0.225. The Morgan fingerprint density at radius 2 is 1.89 bits per heavy atom. The smallest absolute Gasteiger partial charge is 0.243 e. The highest BCUT2D eigenvalue weighted by molar-refractivity contribution is 5.89. The van der Waals surface area contributed by atoms with E-state index in [0.717, 1.165) is 0 Å². The molecule has 1 rings (SSSR count).